The van der Waals surface area contributed by atoms with Crippen molar-refractivity contribution in [2.75, 3.05) is 13.1 Å². The van der Waals surface area contributed by atoms with E-state index in [2.05, 4.69) is 24.0 Å². The van der Waals surface area contributed by atoms with Crippen LogP contribution in [-0.4, -0.2) is 23.0 Å². The second-order valence-corrected chi connectivity index (χ2v) is 5.43. The summed E-state index contributed by atoms with van der Waals surface area (Å²) in [4.78, 5) is 3.01. The first-order chi connectivity index (χ1) is 8.18. The molecular weight excluding hydrogens is 228 g/mol. The molecule has 2 unspecified atom stereocenters. The average molecular weight is 248 g/mol. The van der Waals surface area contributed by atoms with Crippen molar-refractivity contribution < 1.29 is 0 Å². The van der Waals surface area contributed by atoms with Crippen LogP contribution in [0.25, 0.3) is 0 Å². The first-order valence-electron chi connectivity index (χ1n) is 6.27. The van der Waals surface area contributed by atoms with Crippen LogP contribution in [0.3, 0.4) is 0 Å². The lowest BCUT2D eigenvalue weighted by atomic mass is 9.96. The first kappa shape index (κ1) is 12.5. The summed E-state index contributed by atoms with van der Waals surface area (Å²) < 4.78 is 0. The molecule has 2 atom stereocenters. The predicted molar refractivity (Wildman–Crippen MR) is 75.9 cm³/mol. The third-order valence-electron chi connectivity index (χ3n) is 3.44. The smallest absolute Gasteiger partial charge is 0.0948 e. The Hall–Kier alpha value is -0.930. The SMILES string of the molecule is CC1CCCN(C(C(N)=S)c2ccccc2)C1. The Labute approximate surface area is 109 Å². The van der Waals surface area contributed by atoms with Gasteiger partial charge in [-0.05, 0) is 30.9 Å². The average Bonchev–Trinajstić information content (AvgIpc) is 2.30. The topological polar surface area (TPSA) is 29.3 Å². The number of likely N-dealkylation sites (tertiary alicyclic amines) is 1. The van der Waals surface area contributed by atoms with E-state index in [9.17, 15) is 0 Å². The molecule has 1 heterocycles. The van der Waals surface area contributed by atoms with Gasteiger partial charge in [0.2, 0.25) is 0 Å². The molecular formula is C14H20N2S. The monoisotopic (exact) mass is 248 g/mol. The number of nitrogens with zero attached hydrogens (tertiary/aromatic N) is 1. The zero-order valence-corrected chi connectivity index (χ0v) is 11.1. The number of rotatable bonds is 3. The van der Waals surface area contributed by atoms with Crippen molar-refractivity contribution in [3.05, 3.63) is 35.9 Å². The zero-order valence-electron chi connectivity index (χ0n) is 10.3. The molecule has 1 aliphatic rings. The number of hydrogen-bond donors (Lipinski definition) is 1. The van der Waals surface area contributed by atoms with Gasteiger partial charge < -0.3 is 5.73 Å². The summed E-state index contributed by atoms with van der Waals surface area (Å²) in [6.07, 6.45) is 2.56. The molecule has 0 aliphatic carbocycles. The van der Waals surface area contributed by atoms with Crippen LogP contribution in [0.1, 0.15) is 31.4 Å². The standard InChI is InChI=1S/C14H20N2S/c1-11-6-5-9-16(10-11)13(14(15)17)12-7-3-2-4-8-12/h2-4,7-8,11,13H,5-6,9-10H2,1H3,(H2,15,17). The van der Waals surface area contributed by atoms with Gasteiger partial charge in [-0.2, -0.15) is 0 Å². The largest absolute Gasteiger partial charge is 0.392 e. The highest BCUT2D eigenvalue weighted by Gasteiger charge is 2.26. The summed E-state index contributed by atoms with van der Waals surface area (Å²) in [5.74, 6) is 0.740. The van der Waals surface area contributed by atoms with Crippen molar-refractivity contribution >= 4 is 17.2 Å². The number of hydrogen-bond acceptors (Lipinski definition) is 2. The second kappa shape index (κ2) is 5.61. The third kappa shape index (κ3) is 3.05. The van der Waals surface area contributed by atoms with Gasteiger partial charge in [-0.15, -0.1) is 0 Å². The van der Waals surface area contributed by atoms with Gasteiger partial charge in [0.25, 0.3) is 0 Å². The van der Waals surface area contributed by atoms with Crippen molar-refractivity contribution in [2.24, 2.45) is 11.7 Å². The number of thiocarbonyl (C=S) groups is 1. The first-order valence-corrected chi connectivity index (χ1v) is 6.67. The molecule has 17 heavy (non-hydrogen) atoms. The normalized spacial score (nSPS) is 23.2. The van der Waals surface area contributed by atoms with Gasteiger partial charge >= 0.3 is 0 Å². The van der Waals surface area contributed by atoms with Gasteiger partial charge in [0, 0.05) is 6.54 Å². The van der Waals surface area contributed by atoms with E-state index >= 15 is 0 Å². The highest BCUT2D eigenvalue weighted by molar-refractivity contribution is 7.80. The van der Waals surface area contributed by atoms with E-state index < -0.39 is 0 Å². The molecule has 1 aliphatic heterocycles. The lowest BCUT2D eigenvalue weighted by Crippen LogP contribution is -2.42. The minimum atomic E-state index is 0.106. The Balaban J connectivity index is 2.20. The molecule has 0 saturated carbocycles. The number of nitrogens with two attached hydrogens (primary N) is 1. The van der Waals surface area contributed by atoms with Crippen molar-refractivity contribution in [3.63, 3.8) is 0 Å². The lowest BCUT2D eigenvalue weighted by molar-refractivity contribution is 0.162. The molecule has 92 valence electrons. The van der Waals surface area contributed by atoms with Gasteiger partial charge in [0.1, 0.15) is 0 Å². The van der Waals surface area contributed by atoms with Gasteiger partial charge in [-0.3, -0.25) is 4.90 Å². The molecule has 1 fully saturated rings. The van der Waals surface area contributed by atoms with Crippen molar-refractivity contribution in [1.29, 1.82) is 0 Å². The fourth-order valence-electron chi connectivity index (χ4n) is 2.65. The van der Waals surface area contributed by atoms with E-state index in [0.717, 1.165) is 19.0 Å². The zero-order chi connectivity index (χ0) is 12.3. The minimum absolute atomic E-state index is 0.106. The summed E-state index contributed by atoms with van der Waals surface area (Å²) in [6.45, 7) is 4.49. The molecule has 1 saturated heterocycles. The predicted octanol–water partition coefficient (Wildman–Crippen LogP) is 2.75. The van der Waals surface area contributed by atoms with E-state index in [1.165, 1.54) is 18.4 Å². The molecule has 0 amide bonds. The number of benzene rings is 1. The lowest BCUT2D eigenvalue weighted by Gasteiger charge is -2.37. The second-order valence-electron chi connectivity index (χ2n) is 4.96. The summed E-state index contributed by atoms with van der Waals surface area (Å²) in [5, 5.41) is 0. The molecule has 0 spiro atoms. The molecule has 2 nitrogen and oxygen atoms in total. The van der Waals surface area contributed by atoms with Gasteiger partial charge in [-0.25, -0.2) is 0 Å². The summed E-state index contributed by atoms with van der Waals surface area (Å²) in [6, 6.07) is 10.5. The quantitative estimate of drug-likeness (QED) is 0.834. The maximum atomic E-state index is 5.93. The summed E-state index contributed by atoms with van der Waals surface area (Å²) >= 11 is 5.25. The fraction of sp³-hybridized carbons (Fsp3) is 0.500. The maximum Gasteiger partial charge on any atom is 0.0948 e. The molecule has 2 rings (SSSR count). The van der Waals surface area contributed by atoms with E-state index in [4.69, 9.17) is 18.0 Å². The van der Waals surface area contributed by atoms with Crippen LogP contribution < -0.4 is 5.73 Å². The van der Waals surface area contributed by atoms with Gasteiger partial charge in [0.05, 0.1) is 11.0 Å². The minimum Gasteiger partial charge on any atom is -0.392 e. The maximum absolute atomic E-state index is 5.93. The van der Waals surface area contributed by atoms with E-state index in [1.807, 2.05) is 18.2 Å². The molecule has 2 N–H and O–H groups in total. The fourth-order valence-corrected chi connectivity index (χ4v) is 2.94. The highest BCUT2D eigenvalue weighted by atomic mass is 32.1. The third-order valence-corrected chi connectivity index (χ3v) is 3.66. The van der Waals surface area contributed by atoms with Crippen LogP contribution in [0.4, 0.5) is 0 Å². The summed E-state index contributed by atoms with van der Waals surface area (Å²) in [7, 11) is 0. The Morgan fingerprint density at radius 1 is 1.41 bits per heavy atom. The van der Waals surface area contributed by atoms with Crippen LogP contribution >= 0.6 is 12.2 Å². The Morgan fingerprint density at radius 3 is 2.71 bits per heavy atom. The van der Waals surface area contributed by atoms with Crippen LogP contribution in [0.5, 0.6) is 0 Å². The Bertz CT molecular complexity index is 377. The highest BCUT2D eigenvalue weighted by Crippen LogP contribution is 2.26. The van der Waals surface area contributed by atoms with E-state index in [0.29, 0.717) is 4.99 Å². The van der Waals surface area contributed by atoms with Crippen LogP contribution in [-0.2, 0) is 0 Å². The molecule has 1 aromatic rings. The molecule has 0 radical (unpaired) electrons. The van der Waals surface area contributed by atoms with Crippen LogP contribution in [0.15, 0.2) is 30.3 Å². The van der Waals surface area contributed by atoms with Crippen LogP contribution in [0, 0.1) is 5.92 Å². The van der Waals surface area contributed by atoms with Crippen molar-refractivity contribution in [1.82, 2.24) is 4.90 Å². The Morgan fingerprint density at radius 2 is 2.12 bits per heavy atom. The van der Waals surface area contributed by atoms with Gasteiger partial charge in [-0.1, -0.05) is 49.5 Å². The van der Waals surface area contributed by atoms with Crippen molar-refractivity contribution in [3.8, 4) is 0 Å². The van der Waals surface area contributed by atoms with E-state index in [1.54, 1.807) is 0 Å². The molecule has 0 bridgehead atoms. The van der Waals surface area contributed by atoms with Crippen LogP contribution in [0.2, 0.25) is 0 Å². The summed E-state index contributed by atoms with van der Waals surface area (Å²) in [5.41, 5.74) is 7.15. The van der Waals surface area contributed by atoms with Gasteiger partial charge in [0.15, 0.2) is 0 Å². The number of piperidine rings is 1. The molecule has 1 aromatic carbocycles. The molecule has 3 heteroatoms. The molecule has 0 aromatic heterocycles. The van der Waals surface area contributed by atoms with E-state index in [-0.39, 0.29) is 6.04 Å². The van der Waals surface area contributed by atoms with Crippen molar-refractivity contribution in [2.45, 2.75) is 25.8 Å². The Kier molecular flexibility index (Phi) is 4.13.